The smallest absolute Gasteiger partial charge is 0.124 e. The van der Waals surface area contributed by atoms with Gasteiger partial charge < -0.3 is 4.74 Å². The number of nitrogens with zero attached hydrogens (tertiary/aromatic N) is 1. The van der Waals surface area contributed by atoms with Gasteiger partial charge in [0.15, 0.2) is 0 Å². The highest BCUT2D eigenvalue weighted by atomic mass is 79.9. The van der Waals surface area contributed by atoms with Gasteiger partial charge in [0.05, 0.1) is 7.11 Å². The van der Waals surface area contributed by atoms with Crippen molar-refractivity contribution in [2.75, 3.05) is 14.2 Å². The summed E-state index contributed by atoms with van der Waals surface area (Å²) in [6, 6.07) is 12.9. The van der Waals surface area contributed by atoms with Gasteiger partial charge in [0.2, 0.25) is 0 Å². The van der Waals surface area contributed by atoms with Gasteiger partial charge in [-0.1, -0.05) is 34.1 Å². The molecule has 0 bridgehead atoms. The summed E-state index contributed by atoms with van der Waals surface area (Å²) in [5.74, 6) is 0.653. The largest absolute Gasteiger partial charge is 0.496 e. The molecule has 20 heavy (non-hydrogen) atoms. The highest BCUT2D eigenvalue weighted by Crippen LogP contribution is 2.21. The normalized spacial score (nSPS) is 10.8. The Bertz CT molecular complexity index is 568. The molecule has 2 aromatic carbocycles. The van der Waals surface area contributed by atoms with Gasteiger partial charge in [0.1, 0.15) is 11.6 Å². The van der Waals surface area contributed by atoms with Gasteiger partial charge >= 0.3 is 0 Å². The summed E-state index contributed by atoms with van der Waals surface area (Å²) in [6.07, 6.45) is 0. The number of methoxy groups -OCH3 is 1. The zero-order valence-electron chi connectivity index (χ0n) is 11.6. The maximum Gasteiger partial charge on any atom is 0.124 e. The lowest BCUT2D eigenvalue weighted by molar-refractivity contribution is 0.309. The lowest BCUT2D eigenvalue weighted by Crippen LogP contribution is -2.17. The SMILES string of the molecule is COc1ccccc1CN(C)Cc1cc(F)cc(Br)c1. The fourth-order valence-electron chi connectivity index (χ4n) is 2.19. The number of hydrogen-bond acceptors (Lipinski definition) is 2. The average molecular weight is 338 g/mol. The second kappa shape index (κ2) is 6.86. The van der Waals surface area contributed by atoms with Crippen LogP contribution in [0.25, 0.3) is 0 Å². The standard InChI is InChI=1S/C16H17BrFNO/c1-19(10-12-7-14(17)9-15(18)8-12)11-13-5-3-4-6-16(13)20-2/h3-9H,10-11H2,1-2H3. The quantitative estimate of drug-likeness (QED) is 0.809. The van der Waals surface area contributed by atoms with Crippen molar-refractivity contribution >= 4 is 15.9 Å². The van der Waals surface area contributed by atoms with Crippen molar-refractivity contribution in [1.82, 2.24) is 4.90 Å². The number of para-hydroxylation sites is 1. The Hall–Kier alpha value is -1.39. The summed E-state index contributed by atoms with van der Waals surface area (Å²) in [4.78, 5) is 2.12. The van der Waals surface area contributed by atoms with Gasteiger partial charge in [-0.05, 0) is 36.9 Å². The molecule has 0 radical (unpaired) electrons. The van der Waals surface area contributed by atoms with Crippen molar-refractivity contribution in [3.05, 3.63) is 63.9 Å². The van der Waals surface area contributed by atoms with Gasteiger partial charge in [-0.2, -0.15) is 0 Å². The van der Waals surface area contributed by atoms with Crippen LogP contribution in [0.2, 0.25) is 0 Å². The second-order valence-electron chi connectivity index (χ2n) is 4.76. The molecule has 0 unspecified atom stereocenters. The Kier molecular flexibility index (Phi) is 5.15. The first kappa shape index (κ1) is 15.0. The first-order valence-corrected chi connectivity index (χ1v) is 7.13. The van der Waals surface area contributed by atoms with E-state index in [1.807, 2.05) is 37.4 Å². The molecule has 0 N–H and O–H groups in total. The van der Waals surface area contributed by atoms with Crippen LogP contribution in [-0.2, 0) is 13.1 Å². The Morgan fingerprint density at radius 2 is 1.90 bits per heavy atom. The van der Waals surface area contributed by atoms with Crippen LogP contribution in [0.1, 0.15) is 11.1 Å². The molecule has 0 aliphatic rings. The van der Waals surface area contributed by atoms with Crippen molar-refractivity contribution in [1.29, 1.82) is 0 Å². The topological polar surface area (TPSA) is 12.5 Å². The molecule has 0 fully saturated rings. The van der Waals surface area contributed by atoms with Crippen LogP contribution in [0.5, 0.6) is 5.75 Å². The summed E-state index contributed by atoms with van der Waals surface area (Å²) in [6.45, 7) is 1.42. The van der Waals surface area contributed by atoms with Crippen LogP contribution >= 0.6 is 15.9 Å². The van der Waals surface area contributed by atoms with Gasteiger partial charge in [-0.25, -0.2) is 4.39 Å². The molecule has 0 spiro atoms. The fourth-order valence-corrected chi connectivity index (χ4v) is 2.71. The molecule has 0 aliphatic heterocycles. The van der Waals surface area contributed by atoms with Crippen molar-refractivity contribution in [3.8, 4) is 5.75 Å². The second-order valence-corrected chi connectivity index (χ2v) is 5.68. The van der Waals surface area contributed by atoms with E-state index in [-0.39, 0.29) is 5.82 Å². The number of benzene rings is 2. The predicted molar refractivity (Wildman–Crippen MR) is 82.3 cm³/mol. The molecular weight excluding hydrogens is 321 g/mol. The lowest BCUT2D eigenvalue weighted by Gasteiger charge is -2.18. The Balaban J connectivity index is 2.07. The van der Waals surface area contributed by atoms with Gasteiger partial charge in [0, 0.05) is 23.1 Å². The van der Waals surface area contributed by atoms with E-state index >= 15 is 0 Å². The molecule has 0 heterocycles. The van der Waals surface area contributed by atoms with E-state index in [4.69, 9.17) is 4.74 Å². The molecule has 0 aliphatic carbocycles. The number of halogens is 2. The van der Waals surface area contributed by atoms with Gasteiger partial charge in [0.25, 0.3) is 0 Å². The monoisotopic (exact) mass is 337 g/mol. The van der Waals surface area contributed by atoms with Gasteiger partial charge in [-0.3, -0.25) is 4.90 Å². The van der Waals surface area contributed by atoms with E-state index in [2.05, 4.69) is 20.8 Å². The molecule has 0 aromatic heterocycles. The molecule has 0 atom stereocenters. The molecule has 2 aromatic rings. The molecule has 2 nitrogen and oxygen atoms in total. The molecule has 106 valence electrons. The van der Waals surface area contributed by atoms with E-state index < -0.39 is 0 Å². The van der Waals surface area contributed by atoms with Crippen molar-refractivity contribution < 1.29 is 9.13 Å². The summed E-state index contributed by atoms with van der Waals surface area (Å²) in [5, 5.41) is 0. The highest BCUT2D eigenvalue weighted by molar-refractivity contribution is 9.10. The molecule has 0 saturated heterocycles. The van der Waals surface area contributed by atoms with Crippen molar-refractivity contribution in [2.24, 2.45) is 0 Å². The minimum absolute atomic E-state index is 0.222. The van der Waals surface area contributed by atoms with Crippen molar-refractivity contribution in [2.45, 2.75) is 13.1 Å². The first-order valence-electron chi connectivity index (χ1n) is 6.34. The first-order chi connectivity index (χ1) is 9.58. The van der Waals surface area contributed by atoms with Crippen LogP contribution in [0.4, 0.5) is 4.39 Å². The van der Waals surface area contributed by atoms with Crippen LogP contribution in [0.3, 0.4) is 0 Å². The Labute approximate surface area is 127 Å². The molecule has 2 rings (SSSR count). The third kappa shape index (κ3) is 4.05. The molecule has 4 heteroatoms. The Morgan fingerprint density at radius 3 is 2.60 bits per heavy atom. The van der Waals surface area contributed by atoms with E-state index in [1.54, 1.807) is 13.2 Å². The number of ether oxygens (including phenoxy) is 1. The third-order valence-electron chi connectivity index (χ3n) is 3.01. The summed E-state index contributed by atoms with van der Waals surface area (Å²) >= 11 is 3.31. The summed E-state index contributed by atoms with van der Waals surface area (Å²) in [7, 11) is 3.67. The van der Waals surface area contributed by atoms with Gasteiger partial charge in [-0.15, -0.1) is 0 Å². The minimum atomic E-state index is -0.222. The highest BCUT2D eigenvalue weighted by Gasteiger charge is 2.07. The Morgan fingerprint density at radius 1 is 1.15 bits per heavy atom. The summed E-state index contributed by atoms with van der Waals surface area (Å²) < 4.78 is 19.5. The third-order valence-corrected chi connectivity index (χ3v) is 3.47. The van der Waals surface area contributed by atoms with E-state index in [1.165, 1.54) is 6.07 Å². The lowest BCUT2D eigenvalue weighted by atomic mass is 10.1. The predicted octanol–water partition coefficient (Wildman–Crippen LogP) is 4.23. The zero-order chi connectivity index (χ0) is 14.5. The van der Waals surface area contributed by atoms with Crippen molar-refractivity contribution in [3.63, 3.8) is 0 Å². The molecular formula is C16H17BrFNO. The van der Waals surface area contributed by atoms with Crippen LogP contribution in [0, 0.1) is 5.82 Å². The van der Waals surface area contributed by atoms with E-state index in [0.29, 0.717) is 6.54 Å². The minimum Gasteiger partial charge on any atom is -0.496 e. The molecule has 0 amide bonds. The number of hydrogen-bond donors (Lipinski definition) is 0. The summed E-state index contributed by atoms with van der Waals surface area (Å²) in [5.41, 5.74) is 2.06. The number of rotatable bonds is 5. The molecule has 0 saturated carbocycles. The zero-order valence-corrected chi connectivity index (χ0v) is 13.2. The van der Waals surface area contributed by atoms with Crippen LogP contribution in [-0.4, -0.2) is 19.1 Å². The van der Waals surface area contributed by atoms with E-state index in [0.717, 1.165) is 27.9 Å². The van der Waals surface area contributed by atoms with E-state index in [9.17, 15) is 4.39 Å². The van der Waals surface area contributed by atoms with Crippen LogP contribution in [0.15, 0.2) is 46.9 Å². The average Bonchev–Trinajstić information content (AvgIpc) is 2.37. The fraction of sp³-hybridized carbons (Fsp3) is 0.250. The maximum atomic E-state index is 13.4. The van der Waals surface area contributed by atoms with Crippen LogP contribution < -0.4 is 4.74 Å². The maximum absolute atomic E-state index is 13.4.